The molecule has 26 heavy (non-hydrogen) atoms. The van der Waals surface area contributed by atoms with Crippen molar-refractivity contribution in [1.29, 1.82) is 0 Å². The Labute approximate surface area is 153 Å². The minimum Gasteiger partial charge on any atom is -0.478 e. The highest BCUT2D eigenvalue weighted by Crippen LogP contribution is 2.33. The fraction of sp³-hybridized carbons (Fsp3) is 0.316. The molecule has 0 bridgehead atoms. The van der Waals surface area contributed by atoms with Gasteiger partial charge >= 0.3 is 5.97 Å². The van der Waals surface area contributed by atoms with E-state index in [1.807, 2.05) is 36.4 Å². The zero-order valence-corrected chi connectivity index (χ0v) is 14.9. The lowest BCUT2D eigenvalue weighted by molar-refractivity contribution is -0.0853. The molecule has 6 nitrogen and oxygen atoms in total. The van der Waals surface area contributed by atoms with Crippen molar-refractivity contribution in [3.8, 4) is 0 Å². The lowest BCUT2D eigenvalue weighted by Crippen LogP contribution is -2.52. The molecule has 0 radical (unpaired) electrons. The van der Waals surface area contributed by atoms with E-state index >= 15 is 0 Å². The van der Waals surface area contributed by atoms with Gasteiger partial charge in [0.2, 0.25) is 0 Å². The highest BCUT2D eigenvalue weighted by Gasteiger charge is 2.41. The average molecular weight is 373 g/mol. The first-order chi connectivity index (χ1) is 12.5. The third-order valence-corrected chi connectivity index (χ3v) is 5.29. The largest absolute Gasteiger partial charge is 0.478 e. The number of benzene rings is 2. The second-order valence-corrected chi connectivity index (χ2v) is 7.30. The summed E-state index contributed by atoms with van der Waals surface area (Å²) in [6, 6.07) is 15.8. The first-order valence-corrected chi connectivity index (χ1v) is 9.12. The molecule has 1 fully saturated rings. The Kier molecular flexibility index (Phi) is 5.79. The first kappa shape index (κ1) is 18.7. The van der Waals surface area contributed by atoms with Crippen LogP contribution in [0, 0.1) is 0 Å². The van der Waals surface area contributed by atoms with Crippen LogP contribution in [-0.2, 0) is 15.7 Å². The number of carboxylic acid groups (broad SMARTS) is 1. The monoisotopic (exact) mass is 373 g/mol. The molecule has 7 heteroatoms. The van der Waals surface area contributed by atoms with Crippen LogP contribution in [0.5, 0.6) is 0 Å². The molecular weight excluding hydrogens is 353 g/mol. The standard InChI is InChI=1S/C19H20NO5P/c21-18(22)15-8-4-7-14(9-15)16-12-25-17(11-20-16)19(23,26-24)10-13-5-2-1-3-6-13/h1-9,16-17,20,23H,10-12H2,(H,21,22)/t16-,17-,19?/m0/s1. The van der Waals surface area contributed by atoms with Crippen molar-refractivity contribution < 1.29 is 24.3 Å². The van der Waals surface area contributed by atoms with E-state index in [0.717, 1.165) is 11.1 Å². The number of carboxylic acids is 1. The SMILES string of the molecule is O=PC(O)(Cc1ccccc1)[C@@H]1CN[C@H](c2cccc(C(=O)O)c2)CO1. The minimum absolute atomic E-state index is 0.185. The smallest absolute Gasteiger partial charge is 0.335 e. The van der Waals surface area contributed by atoms with Crippen LogP contribution >= 0.6 is 8.46 Å². The quantitative estimate of drug-likeness (QED) is 0.674. The topological polar surface area (TPSA) is 95.9 Å². The molecule has 2 aromatic rings. The predicted octanol–water partition coefficient (Wildman–Crippen LogP) is 2.64. The molecule has 1 aliphatic heterocycles. The number of nitrogens with one attached hydrogen (secondary N) is 1. The van der Waals surface area contributed by atoms with Crippen molar-refractivity contribution in [3.63, 3.8) is 0 Å². The Morgan fingerprint density at radius 3 is 2.62 bits per heavy atom. The molecule has 3 N–H and O–H groups in total. The van der Waals surface area contributed by atoms with E-state index in [1.54, 1.807) is 12.1 Å². The van der Waals surface area contributed by atoms with Gasteiger partial charge in [0.25, 0.3) is 0 Å². The Morgan fingerprint density at radius 2 is 2.00 bits per heavy atom. The maximum Gasteiger partial charge on any atom is 0.335 e. The minimum atomic E-state index is -1.53. The van der Waals surface area contributed by atoms with E-state index in [4.69, 9.17) is 9.84 Å². The summed E-state index contributed by atoms with van der Waals surface area (Å²) in [6.07, 6.45) is -0.425. The molecule has 1 aliphatic rings. The molecule has 0 aliphatic carbocycles. The van der Waals surface area contributed by atoms with Crippen molar-refractivity contribution in [2.24, 2.45) is 0 Å². The van der Waals surface area contributed by atoms with E-state index in [-0.39, 0.29) is 24.6 Å². The van der Waals surface area contributed by atoms with E-state index < -0.39 is 25.9 Å². The maximum absolute atomic E-state index is 11.7. The third-order valence-electron chi connectivity index (χ3n) is 4.53. The van der Waals surface area contributed by atoms with E-state index in [0.29, 0.717) is 6.54 Å². The summed E-state index contributed by atoms with van der Waals surface area (Å²) < 4.78 is 17.5. The highest BCUT2D eigenvalue weighted by atomic mass is 31.1. The summed E-state index contributed by atoms with van der Waals surface area (Å²) in [5.41, 5.74) is 1.89. The van der Waals surface area contributed by atoms with Crippen LogP contribution in [0.2, 0.25) is 0 Å². The number of morpholine rings is 1. The van der Waals surface area contributed by atoms with Gasteiger partial charge < -0.3 is 20.3 Å². The fourth-order valence-corrected chi connectivity index (χ4v) is 3.61. The Morgan fingerprint density at radius 1 is 1.23 bits per heavy atom. The van der Waals surface area contributed by atoms with Crippen LogP contribution in [-0.4, -0.2) is 40.8 Å². The molecule has 1 saturated heterocycles. The number of rotatable bonds is 6. The van der Waals surface area contributed by atoms with E-state index in [2.05, 4.69) is 5.32 Å². The van der Waals surface area contributed by atoms with Crippen molar-refractivity contribution in [2.75, 3.05) is 13.2 Å². The summed E-state index contributed by atoms with van der Waals surface area (Å²) in [6.45, 7) is 0.556. The number of hydrogen-bond donors (Lipinski definition) is 3. The lowest BCUT2D eigenvalue weighted by atomic mass is 9.99. The Hall–Kier alpha value is -2.11. The molecule has 0 saturated carbocycles. The summed E-state index contributed by atoms with van der Waals surface area (Å²) in [7, 11) is -0.393. The van der Waals surface area contributed by atoms with Crippen LogP contribution < -0.4 is 5.32 Å². The van der Waals surface area contributed by atoms with Crippen molar-refractivity contribution in [2.45, 2.75) is 23.9 Å². The zero-order chi connectivity index (χ0) is 18.6. The van der Waals surface area contributed by atoms with E-state index in [9.17, 15) is 14.5 Å². The van der Waals surface area contributed by atoms with Gasteiger partial charge in [0.1, 0.15) is 6.10 Å². The van der Waals surface area contributed by atoms with Crippen molar-refractivity contribution in [1.82, 2.24) is 5.32 Å². The summed E-state index contributed by atoms with van der Waals surface area (Å²) in [5, 5.41) is 21.6. The van der Waals surface area contributed by atoms with Gasteiger partial charge in [0.05, 0.1) is 18.2 Å². The van der Waals surface area contributed by atoms with Gasteiger partial charge in [0.15, 0.2) is 13.8 Å². The van der Waals surface area contributed by atoms with Crippen molar-refractivity contribution in [3.05, 3.63) is 71.3 Å². The normalized spacial score (nSPS) is 22.7. The number of aliphatic hydroxyl groups is 1. The molecule has 0 spiro atoms. The second kappa shape index (κ2) is 8.06. The maximum atomic E-state index is 11.7. The van der Waals surface area contributed by atoms with Crippen molar-refractivity contribution >= 4 is 14.4 Å². The predicted molar refractivity (Wildman–Crippen MR) is 96.6 cm³/mol. The number of ether oxygens (including phenoxy) is 1. The van der Waals surface area contributed by atoms with Gasteiger partial charge in [-0.05, 0) is 23.3 Å². The molecule has 136 valence electrons. The molecule has 1 heterocycles. The van der Waals surface area contributed by atoms with Crippen LogP contribution in [0.15, 0.2) is 54.6 Å². The number of hydrogen-bond acceptors (Lipinski definition) is 5. The van der Waals surface area contributed by atoms with Gasteiger partial charge in [-0.25, -0.2) is 4.79 Å². The Balaban J connectivity index is 1.68. The number of aromatic carboxylic acids is 1. The van der Waals surface area contributed by atoms with Crippen LogP contribution in [0.25, 0.3) is 0 Å². The summed E-state index contributed by atoms with van der Waals surface area (Å²) in [5.74, 6) is -0.983. The van der Waals surface area contributed by atoms with E-state index in [1.165, 1.54) is 6.07 Å². The molecule has 3 rings (SSSR count). The summed E-state index contributed by atoms with van der Waals surface area (Å²) in [4.78, 5) is 11.1. The summed E-state index contributed by atoms with van der Waals surface area (Å²) >= 11 is 0. The molecular formula is C19H20NO5P. The van der Waals surface area contributed by atoms with Gasteiger partial charge in [0, 0.05) is 13.0 Å². The average Bonchev–Trinajstić information content (AvgIpc) is 2.69. The molecule has 1 unspecified atom stereocenters. The zero-order valence-electron chi connectivity index (χ0n) is 14.0. The first-order valence-electron chi connectivity index (χ1n) is 8.31. The lowest BCUT2D eigenvalue weighted by Gasteiger charge is -2.37. The number of carbonyl (C=O) groups is 1. The van der Waals surface area contributed by atoms with Crippen LogP contribution in [0.4, 0.5) is 0 Å². The fourth-order valence-electron chi connectivity index (χ4n) is 3.08. The Bertz CT molecular complexity index is 777. The van der Waals surface area contributed by atoms with Gasteiger partial charge in [-0.1, -0.05) is 42.5 Å². The van der Waals surface area contributed by atoms with Gasteiger partial charge in [-0.3, -0.25) is 4.57 Å². The molecule has 2 aromatic carbocycles. The molecule has 0 amide bonds. The van der Waals surface area contributed by atoms with Gasteiger partial charge in [-0.15, -0.1) is 0 Å². The molecule has 0 aromatic heterocycles. The van der Waals surface area contributed by atoms with Gasteiger partial charge in [-0.2, -0.15) is 0 Å². The van der Waals surface area contributed by atoms with Crippen LogP contribution in [0.1, 0.15) is 27.5 Å². The molecule has 3 atom stereocenters. The van der Waals surface area contributed by atoms with Crippen LogP contribution in [0.3, 0.4) is 0 Å². The second-order valence-electron chi connectivity index (χ2n) is 6.35. The third kappa shape index (κ3) is 4.17. The highest BCUT2D eigenvalue weighted by molar-refractivity contribution is 7.25.